The first kappa shape index (κ1) is 28.5. The van der Waals surface area contributed by atoms with E-state index in [2.05, 4.69) is 20.3 Å². The summed E-state index contributed by atoms with van der Waals surface area (Å²) in [5.74, 6) is -0.367. The predicted molar refractivity (Wildman–Crippen MR) is 147 cm³/mol. The normalized spacial score (nSPS) is 15.0. The second kappa shape index (κ2) is 10.8. The van der Waals surface area contributed by atoms with E-state index >= 15 is 0 Å². The number of thiazole rings is 1. The molecule has 4 heterocycles. The van der Waals surface area contributed by atoms with Crippen LogP contribution in [-0.4, -0.2) is 55.1 Å². The molecule has 0 unspecified atom stereocenters. The second-order valence-corrected chi connectivity index (χ2v) is 12.1. The number of benzene rings is 1. The number of halogens is 3. The van der Waals surface area contributed by atoms with Crippen LogP contribution in [0, 0.1) is 0 Å². The van der Waals surface area contributed by atoms with Crippen LogP contribution in [0.15, 0.2) is 49.1 Å². The Morgan fingerprint density at radius 1 is 1.10 bits per heavy atom. The lowest BCUT2D eigenvalue weighted by atomic mass is 10.1. The van der Waals surface area contributed by atoms with Gasteiger partial charge in [0.1, 0.15) is 16.8 Å². The third-order valence-electron chi connectivity index (χ3n) is 6.58. The summed E-state index contributed by atoms with van der Waals surface area (Å²) < 4.78 is 45.8. The summed E-state index contributed by atoms with van der Waals surface area (Å²) in [4.78, 5) is 40.8. The fourth-order valence-electron chi connectivity index (χ4n) is 4.39. The fraction of sp³-hybridized carbons (Fsp3) is 0.393. The van der Waals surface area contributed by atoms with Crippen molar-refractivity contribution < 1.29 is 27.5 Å². The van der Waals surface area contributed by atoms with Crippen molar-refractivity contribution in [1.29, 1.82) is 0 Å². The average molecular weight is 587 g/mol. The highest BCUT2D eigenvalue weighted by Crippen LogP contribution is 2.30. The van der Waals surface area contributed by atoms with Crippen molar-refractivity contribution in [3.05, 3.63) is 75.8 Å². The molecule has 41 heavy (non-hydrogen) atoms. The Balaban J connectivity index is 1.21. The number of carbonyl (C=O) groups excluding carboxylic acids is 2. The smallest absolute Gasteiger partial charge is 0.416 e. The first-order valence-corrected chi connectivity index (χ1v) is 13.8. The number of nitrogens with one attached hydrogen (secondary N) is 1. The van der Waals surface area contributed by atoms with Crippen LogP contribution in [0.25, 0.3) is 11.0 Å². The summed E-state index contributed by atoms with van der Waals surface area (Å²) in [7, 11) is 0. The predicted octanol–water partition coefficient (Wildman–Crippen LogP) is 5.78. The summed E-state index contributed by atoms with van der Waals surface area (Å²) in [5, 5.41) is 3.66. The zero-order chi connectivity index (χ0) is 29.5. The Hall–Kier alpha value is -4.00. The molecule has 2 amide bonds. The molecule has 1 fully saturated rings. The fourth-order valence-corrected chi connectivity index (χ4v) is 5.34. The van der Waals surface area contributed by atoms with E-state index in [0.29, 0.717) is 30.6 Å². The van der Waals surface area contributed by atoms with Crippen molar-refractivity contribution >= 4 is 34.4 Å². The van der Waals surface area contributed by atoms with Crippen LogP contribution >= 0.6 is 11.3 Å². The van der Waals surface area contributed by atoms with Gasteiger partial charge in [-0.15, -0.1) is 11.3 Å². The third-order valence-corrected chi connectivity index (χ3v) is 7.76. The summed E-state index contributed by atoms with van der Waals surface area (Å²) in [6.45, 7) is 8.24. The molecule has 3 aromatic heterocycles. The zero-order valence-corrected chi connectivity index (χ0v) is 23.7. The first-order valence-electron chi connectivity index (χ1n) is 13.0. The van der Waals surface area contributed by atoms with Gasteiger partial charge in [0.2, 0.25) is 0 Å². The second-order valence-electron chi connectivity index (χ2n) is 11.0. The number of nitrogens with zero attached hydrogens (tertiary/aromatic N) is 5. The van der Waals surface area contributed by atoms with Gasteiger partial charge < -0.3 is 19.5 Å². The lowest BCUT2D eigenvalue weighted by Gasteiger charge is -2.40. The number of ether oxygens (including phenoxy) is 1. The number of aromatic nitrogens is 4. The topological polar surface area (TPSA) is 102 Å². The van der Waals surface area contributed by atoms with Gasteiger partial charge in [-0.05, 0) is 51.5 Å². The Kier molecular flexibility index (Phi) is 7.49. The molecule has 1 N–H and O–H groups in total. The molecule has 0 aliphatic carbocycles. The van der Waals surface area contributed by atoms with Crippen molar-refractivity contribution in [2.75, 3.05) is 13.1 Å². The minimum atomic E-state index is -4.38. The number of likely N-dealkylation sites (tertiary alicyclic amines) is 1. The standard InChI is InChI=1S/C28H29F3N6O3S/c1-16(23-12-33-24(41-23)9-17-5-7-18(8-6-17)28(29,30)31)35-25(38)20-10-22-21(11-32-20)34-15-37(22)19-13-36(14-19)26(39)40-27(2,3)4/h5-8,10-12,15-16,19H,9,13-14H2,1-4H3,(H,35,38)/t16-/m1/s1. The molecular weight excluding hydrogens is 557 g/mol. The highest BCUT2D eigenvalue weighted by molar-refractivity contribution is 7.11. The van der Waals surface area contributed by atoms with E-state index in [1.54, 1.807) is 29.7 Å². The summed E-state index contributed by atoms with van der Waals surface area (Å²) in [6, 6.07) is 6.33. The van der Waals surface area contributed by atoms with E-state index in [-0.39, 0.29) is 29.8 Å². The molecule has 0 radical (unpaired) electrons. The van der Waals surface area contributed by atoms with E-state index in [9.17, 15) is 22.8 Å². The van der Waals surface area contributed by atoms with E-state index < -0.39 is 17.3 Å². The molecule has 216 valence electrons. The lowest BCUT2D eigenvalue weighted by Crippen LogP contribution is -2.52. The molecular formula is C28H29F3N6O3S. The van der Waals surface area contributed by atoms with Crippen molar-refractivity contribution in [2.24, 2.45) is 0 Å². The van der Waals surface area contributed by atoms with E-state index in [0.717, 1.165) is 27.5 Å². The maximum atomic E-state index is 13.1. The number of carbonyl (C=O) groups is 2. The number of hydrogen-bond donors (Lipinski definition) is 1. The SMILES string of the molecule is C[C@@H](NC(=O)c1cc2c(cn1)ncn2C1CN(C(=O)OC(C)(C)C)C1)c1cnc(Cc2ccc(C(F)(F)F)cc2)s1. The number of alkyl halides is 3. The molecule has 1 atom stereocenters. The van der Waals surface area contributed by atoms with Crippen LogP contribution in [0.1, 0.15) is 71.3 Å². The first-order chi connectivity index (χ1) is 19.3. The third kappa shape index (κ3) is 6.50. The quantitative estimate of drug-likeness (QED) is 0.307. The van der Waals surface area contributed by atoms with E-state index in [4.69, 9.17) is 4.74 Å². The van der Waals surface area contributed by atoms with Gasteiger partial charge in [0.25, 0.3) is 5.91 Å². The number of pyridine rings is 1. The molecule has 9 nitrogen and oxygen atoms in total. The molecule has 4 aromatic rings. The summed E-state index contributed by atoms with van der Waals surface area (Å²) in [6.07, 6.45) is 0.541. The number of fused-ring (bicyclic) bond motifs is 1. The summed E-state index contributed by atoms with van der Waals surface area (Å²) in [5.41, 5.74) is 1.06. The van der Waals surface area contributed by atoms with Gasteiger partial charge in [-0.1, -0.05) is 12.1 Å². The Labute approximate surface area is 238 Å². The number of rotatable bonds is 6. The highest BCUT2D eigenvalue weighted by atomic mass is 32.1. The Bertz CT molecular complexity index is 1570. The molecule has 1 saturated heterocycles. The van der Waals surface area contributed by atoms with Gasteiger partial charge >= 0.3 is 12.3 Å². The van der Waals surface area contributed by atoms with Crippen LogP contribution in [0.3, 0.4) is 0 Å². The van der Waals surface area contributed by atoms with Gasteiger partial charge in [0.15, 0.2) is 0 Å². The molecule has 1 aliphatic rings. The van der Waals surface area contributed by atoms with Crippen LogP contribution in [0.4, 0.5) is 18.0 Å². The molecule has 5 rings (SSSR count). The average Bonchev–Trinajstić information content (AvgIpc) is 3.49. The molecule has 0 spiro atoms. The van der Waals surface area contributed by atoms with Crippen LogP contribution in [0.5, 0.6) is 0 Å². The minimum Gasteiger partial charge on any atom is -0.444 e. The van der Waals surface area contributed by atoms with E-state index in [1.807, 2.05) is 32.3 Å². The molecule has 13 heteroatoms. The highest BCUT2D eigenvalue weighted by Gasteiger charge is 2.35. The monoisotopic (exact) mass is 586 g/mol. The Morgan fingerprint density at radius 3 is 2.46 bits per heavy atom. The largest absolute Gasteiger partial charge is 0.444 e. The maximum absolute atomic E-state index is 13.1. The zero-order valence-electron chi connectivity index (χ0n) is 22.9. The van der Waals surface area contributed by atoms with Crippen LogP contribution < -0.4 is 5.32 Å². The van der Waals surface area contributed by atoms with Gasteiger partial charge in [-0.25, -0.2) is 19.7 Å². The molecule has 0 saturated carbocycles. The molecule has 1 aliphatic heterocycles. The van der Waals surface area contributed by atoms with E-state index in [1.165, 1.54) is 23.5 Å². The number of amides is 2. The molecule has 1 aromatic carbocycles. The van der Waals surface area contributed by atoms with Crippen LogP contribution in [-0.2, 0) is 17.3 Å². The van der Waals surface area contributed by atoms with Crippen molar-refractivity contribution in [3.8, 4) is 0 Å². The van der Waals surface area contributed by atoms with Gasteiger partial charge in [-0.2, -0.15) is 13.2 Å². The van der Waals surface area contributed by atoms with Gasteiger partial charge in [0, 0.05) is 30.6 Å². The van der Waals surface area contributed by atoms with Crippen molar-refractivity contribution in [3.63, 3.8) is 0 Å². The van der Waals surface area contributed by atoms with Crippen molar-refractivity contribution in [1.82, 2.24) is 29.7 Å². The Morgan fingerprint density at radius 2 is 1.80 bits per heavy atom. The van der Waals surface area contributed by atoms with Crippen LogP contribution in [0.2, 0.25) is 0 Å². The summed E-state index contributed by atoms with van der Waals surface area (Å²) >= 11 is 1.38. The van der Waals surface area contributed by atoms with Gasteiger partial charge in [-0.3, -0.25) is 4.79 Å². The van der Waals surface area contributed by atoms with Gasteiger partial charge in [0.05, 0.1) is 40.7 Å². The number of imidazole rings is 1. The maximum Gasteiger partial charge on any atom is 0.416 e. The number of hydrogen-bond acceptors (Lipinski definition) is 7. The van der Waals surface area contributed by atoms with Crippen molar-refractivity contribution in [2.45, 2.75) is 58.0 Å². The minimum absolute atomic E-state index is 0.00466. The molecule has 0 bridgehead atoms. The lowest BCUT2D eigenvalue weighted by molar-refractivity contribution is -0.137.